The van der Waals surface area contributed by atoms with E-state index in [0.717, 1.165) is 0 Å². The Morgan fingerprint density at radius 1 is 1.02 bits per heavy atom. The van der Waals surface area contributed by atoms with E-state index in [0.29, 0.717) is 18.6 Å². The van der Waals surface area contributed by atoms with Gasteiger partial charge in [0.25, 0.3) is 0 Å². The molecule has 0 aromatic heterocycles. The van der Waals surface area contributed by atoms with Crippen LogP contribution in [0.1, 0.15) is 116 Å². The van der Waals surface area contributed by atoms with Crippen molar-refractivity contribution in [3.8, 4) is 17.2 Å². The Morgan fingerprint density at radius 3 is 2.28 bits per heavy atom. The topological polar surface area (TPSA) is 217 Å². The molecule has 2 fully saturated rings. The number of ether oxygens (including phenoxy) is 3. The van der Waals surface area contributed by atoms with Crippen molar-refractivity contribution in [2.45, 2.75) is 121 Å². The van der Waals surface area contributed by atoms with Crippen molar-refractivity contribution < 1.29 is 49.4 Å². The third-order valence-electron chi connectivity index (χ3n) is 10.6. The SMILES string of the molecule is COc1cccc2c1C(=O)c1c(O)c3c(c(O)c1C2=O)C[C@@](O)(/C(C)=N\N=C1CC(C)(C)N(O)C(C)(C)C1)C[C@@H]3O[C@H]1C[C@H](N)[C@H](O)[C@H](C)O1. The molecule has 7 N–H and O–H groups in total. The predicted octanol–water partition coefficient (Wildman–Crippen LogP) is 3.30. The highest BCUT2D eigenvalue weighted by molar-refractivity contribution is 6.31. The second-order valence-electron chi connectivity index (χ2n) is 15.2. The van der Waals surface area contributed by atoms with Crippen LogP contribution >= 0.6 is 0 Å². The van der Waals surface area contributed by atoms with Crippen molar-refractivity contribution >= 4 is 23.0 Å². The maximum atomic E-state index is 14.0. The lowest BCUT2D eigenvalue weighted by atomic mass is 9.71. The fourth-order valence-corrected chi connectivity index (χ4v) is 8.01. The zero-order valence-corrected chi connectivity index (χ0v) is 29.4. The summed E-state index contributed by atoms with van der Waals surface area (Å²) >= 11 is 0. The van der Waals surface area contributed by atoms with Gasteiger partial charge in [0.1, 0.15) is 22.8 Å². The van der Waals surface area contributed by atoms with Gasteiger partial charge in [-0.15, -0.1) is 0 Å². The van der Waals surface area contributed by atoms with E-state index >= 15 is 0 Å². The Balaban J connectivity index is 1.46. The zero-order valence-electron chi connectivity index (χ0n) is 29.4. The Kier molecular flexibility index (Phi) is 8.99. The van der Waals surface area contributed by atoms with Gasteiger partial charge in [-0.3, -0.25) is 9.59 Å². The number of hydrogen-bond donors (Lipinski definition) is 6. The Morgan fingerprint density at radius 2 is 1.66 bits per heavy atom. The number of phenols is 2. The number of fused-ring (bicyclic) bond motifs is 3. The van der Waals surface area contributed by atoms with Gasteiger partial charge in [-0.1, -0.05) is 12.1 Å². The van der Waals surface area contributed by atoms with E-state index in [1.807, 2.05) is 27.7 Å². The van der Waals surface area contributed by atoms with Crippen LogP contribution in [-0.2, 0) is 15.9 Å². The van der Waals surface area contributed by atoms with Gasteiger partial charge < -0.3 is 45.6 Å². The smallest absolute Gasteiger partial charge is 0.202 e. The number of ketones is 2. The lowest BCUT2D eigenvalue weighted by molar-refractivity contribution is -0.245. The Labute approximate surface area is 290 Å². The molecule has 2 heterocycles. The van der Waals surface area contributed by atoms with Crippen LogP contribution in [0.2, 0.25) is 0 Å². The second kappa shape index (κ2) is 12.5. The largest absolute Gasteiger partial charge is 0.507 e. The van der Waals surface area contributed by atoms with Crippen molar-refractivity contribution in [1.29, 1.82) is 0 Å². The van der Waals surface area contributed by atoms with E-state index < -0.39 is 81.5 Å². The Hall–Kier alpha value is -3.76. The summed E-state index contributed by atoms with van der Waals surface area (Å²) in [4.78, 5) is 27.9. The number of hydroxylamine groups is 2. The summed E-state index contributed by atoms with van der Waals surface area (Å²) < 4.78 is 17.6. The monoisotopic (exact) mass is 694 g/mol. The van der Waals surface area contributed by atoms with Crippen molar-refractivity contribution in [1.82, 2.24) is 5.06 Å². The summed E-state index contributed by atoms with van der Waals surface area (Å²) in [6, 6.07) is 3.82. The number of aromatic hydroxyl groups is 2. The number of aliphatic hydroxyl groups is 2. The Bertz CT molecular complexity index is 1790. The fourth-order valence-electron chi connectivity index (χ4n) is 8.01. The van der Waals surface area contributed by atoms with Crippen LogP contribution < -0.4 is 10.5 Å². The van der Waals surface area contributed by atoms with Crippen LogP contribution in [0.25, 0.3) is 0 Å². The highest BCUT2D eigenvalue weighted by Gasteiger charge is 2.49. The van der Waals surface area contributed by atoms with Crippen LogP contribution in [0, 0.1) is 0 Å². The van der Waals surface area contributed by atoms with E-state index in [-0.39, 0.29) is 53.0 Å². The zero-order chi connectivity index (χ0) is 36.7. The molecule has 2 aliphatic heterocycles. The lowest BCUT2D eigenvalue weighted by Crippen LogP contribution is -2.59. The standard InChI is InChI=1S/C36H46N4O10/c1-16-29(41)21(37)11-24(49-16)50-23-15-36(46,17(2)38-39-18-12-34(3,4)40(47)35(5,6)13-18)14-20-26(23)33(45)28-27(31(20)43)30(42)19-9-8-10-22(48-7)25(19)32(28)44/h8-10,16,21,23-24,29,41,43,45-47H,11-15,37H2,1-7H3/b38-17-/t16-,21-,23-,24-,29+,36-/m0/s1. The van der Waals surface area contributed by atoms with Gasteiger partial charge in [0.05, 0.1) is 47.8 Å². The third kappa shape index (κ3) is 5.82. The molecule has 50 heavy (non-hydrogen) atoms. The van der Waals surface area contributed by atoms with Gasteiger partial charge in [0.15, 0.2) is 12.1 Å². The highest BCUT2D eigenvalue weighted by Crippen LogP contribution is 2.52. The molecule has 2 aromatic rings. The molecule has 2 aromatic carbocycles. The number of benzene rings is 2. The quantitative estimate of drug-likeness (QED) is 0.129. The molecule has 0 saturated carbocycles. The molecular formula is C36H46N4O10. The van der Waals surface area contributed by atoms with E-state index in [1.54, 1.807) is 19.9 Å². The molecular weight excluding hydrogens is 648 g/mol. The van der Waals surface area contributed by atoms with Crippen LogP contribution in [0.3, 0.4) is 0 Å². The number of carbonyl (C=O) groups is 2. The number of nitrogens with two attached hydrogens (primary N) is 1. The number of carbonyl (C=O) groups excluding carboxylic acids is 2. The average Bonchev–Trinajstić information content (AvgIpc) is 3.04. The minimum atomic E-state index is -1.81. The molecule has 0 radical (unpaired) electrons. The van der Waals surface area contributed by atoms with Gasteiger partial charge in [-0.05, 0) is 47.6 Å². The first-order valence-corrected chi connectivity index (χ1v) is 16.7. The van der Waals surface area contributed by atoms with Crippen molar-refractivity contribution in [3.05, 3.63) is 51.6 Å². The molecule has 6 rings (SSSR count). The van der Waals surface area contributed by atoms with Gasteiger partial charge >= 0.3 is 0 Å². The molecule has 0 spiro atoms. The second-order valence-corrected chi connectivity index (χ2v) is 15.2. The third-order valence-corrected chi connectivity index (χ3v) is 10.6. The maximum absolute atomic E-state index is 14.0. The first-order valence-electron chi connectivity index (χ1n) is 16.7. The van der Waals surface area contributed by atoms with Gasteiger partial charge in [-0.25, -0.2) is 0 Å². The van der Waals surface area contributed by atoms with Crippen LogP contribution in [-0.4, -0.2) is 102 Å². The summed E-state index contributed by atoms with van der Waals surface area (Å²) in [5, 5.41) is 67.3. The lowest BCUT2D eigenvalue weighted by Gasteiger charge is -2.48. The van der Waals surface area contributed by atoms with Gasteiger partial charge in [0, 0.05) is 71.6 Å². The number of piperidine rings is 1. The summed E-state index contributed by atoms with van der Waals surface area (Å²) in [6.45, 7) is 10.8. The number of aliphatic hydroxyl groups excluding tert-OH is 1. The van der Waals surface area contributed by atoms with Crippen molar-refractivity contribution in [2.75, 3.05) is 7.11 Å². The first kappa shape index (κ1) is 36.0. The highest BCUT2D eigenvalue weighted by atomic mass is 16.7. The van der Waals surface area contributed by atoms with E-state index in [4.69, 9.17) is 19.9 Å². The minimum Gasteiger partial charge on any atom is -0.507 e. The number of hydrogen-bond acceptors (Lipinski definition) is 14. The summed E-state index contributed by atoms with van der Waals surface area (Å²) in [6.07, 6.45) is -3.44. The average molecular weight is 695 g/mol. The molecule has 0 bridgehead atoms. The molecule has 4 aliphatic rings. The maximum Gasteiger partial charge on any atom is 0.202 e. The molecule has 2 saturated heterocycles. The molecule has 0 amide bonds. The van der Waals surface area contributed by atoms with Crippen LogP contribution in [0.4, 0.5) is 0 Å². The normalized spacial score (nSPS) is 30.7. The summed E-state index contributed by atoms with van der Waals surface area (Å²) in [7, 11) is 1.36. The number of rotatable bonds is 5. The van der Waals surface area contributed by atoms with E-state index in [1.165, 1.54) is 24.3 Å². The van der Waals surface area contributed by atoms with Gasteiger partial charge in [-0.2, -0.15) is 15.3 Å². The number of nitrogens with zero attached hydrogens (tertiary/aromatic N) is 3. The predicted molar refractivity (Wildman–Crippen MR) is 181 cm³/mol. The fraction of sp³-hybridized carbons (Fsp3) is 0.556. The molecule has 0 unspecified atom stereocenters. The molecule has 2 aliphatic carbocycles. The molecule has 6 atom stereocenters. The van der Waals surface area contributed by atoms with Crippen molar-refractivity contribution in [2.24, 2.45) is 15.9 Å². The van der Waals surface area contributed by atoms with Crippen LogP contribution in [0.5, 0.6) is 17.2 Å². The first-order chi connectivity index (χ1) is 23.3. The van der Waals surface area contributed by atoms with E-state index in [2.05, 4.69) is 10.2 Å². The van der Waals surface area contributed by atoms with E-state index in [9.17, 15) is 35.2 Å². The minimum absolute atomic E-state index is 0.000790. The molecule has 270 valence electrons. The summed E-state index contributed by atoms with van der Waals surface area (Å²) in [5.41, 5.74) is 3.18. The van der Waals surface area contributed by atoms with Gasteiger partial charge in [0.2, 0.25) is 5.78 Å². The van der Waals surface area contributed by atoms with Crippen molar-refractivity contribution in [3.63, 3.8) is 0 Å². The van der Waals surface area contributed by atoms with Crippen LogP contribution in [0.15, 0.2) is 28.4 Å². The molecule has 14 heteroatoms. The number of phenolic OH excluding ortho intramolecular Hbond substituents is 2. The number of methoxy groups -OCH3 is 1. The summed E-state index contributed by atoms with van der Waals surface area (Å²) in [5.74, 6) is -2.43. The molecule has 14 nitrogen and oxygen atoms in total.